The van der Waals surface area contributed by atoms with Gasteiger partial charge >= 0.3 is 0 Å². The van der Waals surface area contributed by atoms with E-state index in [0.717, 1.165) is 43.5 Å². The highest BCUT2D eigenvalue weighted by Crippen LogP contribution is 2.40. The molecule has 166 valence electrons. The molecule has 2 aliphatic carbocycles. The van der Waals surface area contributed by atoms with Gasteiger partial charge in [0.1, 0.15) is 5.48 Å². The number of benzene rings is 5. The van der Waals surface area contributed by atoms with Crippen molar-refractivity contribution in [1.82, 2.24) is 19.9 Å². The van der Waals surface area contributed by atoms with Gasteiger partial charge in [0, 0.05) is 42.8 Å². The van der Waals surface area contributed by atoms with Crippen LogP contribution in [0.4, 0.5) is 0 Å². The minimum Gasteiger partial charge on any atom is -0.339 e. The largest absolute Gasteiger partial charge is 0.339 e. The number of fused-ring (bicyclic) bond motifs is 5. The first-order chi connectivity index (χ1) is 17.8. The number of rotatable bonds is 0. The molecule has 4 aliphatic rings. The van der Waals surface area contributed by atoms with Gasteiger partial charge < -0.3 is 9.97 Å². The van der Waals surface area contributed by atoms with Gasteiger partial charge in [-0.15, -0.1) is 0 Å². The Labute approximate surface area is 203 Å². The van der Waals surface area contributed by atoms with Crippen LogP contribution in [0, 0.1) is 32.1 Å². The molecule has 5 aromatic rings. The number of nitrogens with one attached hydrogen (secondary N) is 2. The Bertz CT molecular complexity index is 2290. The zero-order valence-corrected chi connectivity index (χ0v) is 19.1. The molecule has 0 radical (unpaired) electrons. The summed E-state index contributed by atoms with van der Waals surface area (Å²) < 4.78 is 0. The fraction of sp³-hybridized carbons (Fsp3) is 0. The average Bonchev–Trinajstić information content (AvgIpc) is 3.68. The van der Waals surface area contributed by atoms with Crippen LogP contribution < -0.4 is 0 Å². The second-order valence-corrected chi connectivity index (χ2v) is 9.62. The second kappa shape index (κ2) is 6.37. The van der Waals surface area contributed by atoms with Gasteiger partial charge in [-0.05, 0) is 10.8 Å². The average molecular weight is 459 g/mol. The molecule has 0 saturated carbocycles. The Morgan fingerprint density at radius 3 is 1.42 bits per heavy atom. The zero-order chi connectivity index (χ0) is 23.4. The third-order valence-electron chi connectivity index (χ3n) is 7.70. The minimum atomic E-state index is 0.775. The number of H-pyrrole nitrogens is 2. The van der Waals surface area contributed by atoms with Crippen LogP contribution in [0.5, 0.6) is 0 Å². The quantitative estimate of drug-likeness (QED) is 0.256. The molecular weight excluding hydrogens is 440 g/mol. The zero-order valence-electron chi connectivity index (χ0n) is 19.1. The van der Waals surface area contributed by atoms with Crippen LogP contribution >= 0.6 is 0 Å². The van der Waals surface area contributed by atoms with Gasteiger partial charge in [-0.1, -0.05) is 97.1 Å². The van der Waals surface area contributed by atoms with Crippen LogP contribution in [0.2, 0.25) is 0 Å². The summed E-state index contributed by atoms with van der Waals surface area (Å²) in [6, 6.07) is 34.3. The van der Waals surface area contributed by atoms with Crippen molar-refractivity contribution in [2.45, 2.75) is 0 Å². The van der Waals surface area contributed by atoms with E-state index < -0.39 is 0 Å². The Hall–Kier alpha value is -4.96. The molecule has 2 heterocycles. The van der Waals surface area contributed by atoms with Crippen molar-refractivity contribution >= 4 is 43.1 Å². The maximum atomic E-state index is 4.96. The van der Waals surface area contributed by atoms with Crippen molar-refractivity contribution < 1.29 is 0 Å². The lowest BCUT2D eigenvalue weighted by atomic mass is 10.1. The van der Waals surface area contributed by atoms with Crippen molar-refractivity contribution in [2.24, 2.45) is 0 Å². The molecule has 36 heavy (non-hydrogen) atoms. The van der Waals surface area contributed by atoms with Crippen LogP contribution in [0.15, 0.2) is 97.1 Å². The van der Waals surface area contributed by atoms with Crippen molar-refractivity contribution in [3.8, 4) is 11.4 Å². The lowest BCUT2D eigenvalue weighted by molar-refractivity contribution is 1.15. The lowest BCUT2D eigenvalue weighted by Crippen LogP contribution is -1.81. The number of aromatic amines is 2. The number of hydrogen-bond acceptors (Lipinski definition) is 2. The fourth-order valence-electron chi connectivity index (χ4n) is 6.08. The molecule has 0 unspecified atom stereocenters. The van der Waals surface area contributed by atoms with Gasteiger partial charge in [0.15, 0.2) is 5.48 Å². The van der Waals surface area contributed by atoms with Crippen LogP contribution in [-0.2, 0) is 0 Å². The number of imidazole rings is 1. The molecule has 2 aliphatic heterocycles. The highest BCUT2D eigenvalue weighted by molar-refractivity contribution is 6.22. The molecule has 4 heteroatoms. The number of hydrogen-bond donors (Lipinski definition) is 2. The van der Waals surface area contributed by atoms with Crippen molar-refractivity contribution in [3.05, 3.63) is 129 Å². The third kappa shape index (κ3) is 2.24. The summed E-state index contributed by atoms with van der Waals surface area (Å²) in [6.45, 7) is 0. The van der Waals surface area contributed by atoms with Crippen LogP contribution in [0.25, 0.3) is 54.5 Å². The molecule has 0 atom stereocenters. The normalized spacial score (nSPS) is 12.4. The molecular formula is C32H18N4. The fourth-order valence-corrected chi connectivity index (χ4v) is 6.08. The maximum absolute atomic E-state index is 4.96. The third-order valence-corrected chi connectivity index (χ3v) is 7.70. The highest BCUT2D eigenvalue weighted by Gasteiger charge is 2.20. The molecule has 5 aromatic carbocycles. The lowest BCUT2D eigenvalue weighted by Gasteiger charge is -1.98. The van der Waals surface area contributed by atoms with E-state index in [-0.39, 0.29) is 0 Å². The van der Waals surface area contributed by atoms with Crippen molar-refractivity contribution in [2.75, 3.05) is 0 Å². The maximum Gasteiger partial charge on any atom is 0.160 e. The van der Waals surface area contributed by atoms with E-state index in [1.807, 2.05) is 0 Å². The molecule has 9 rings (SSSR count). The van der Waals surface area contributed by atoms with Gasteiger partial charge in [0.25, 0.3) is 0 Å². The molecule has 0 saturated heterocycles. The molecule has 0 bridgehead atoms. The Morgan fingerprint density at radius 1 is 0.444 bits per heavy atom. The van der Waals surface area contributed by atoms with Gasteiger partial charge in [0.05, 0.1) is 22.1 Å². The van der Waals surface area contributed by atoms with Crippen LogP contribution in [0.1, 0.15) is 0 Å². The van der Waals surface area contributed by atoms with Gasteiger partial charge in [0.2, 0.25) is 0 Å². The van der Waals surface area contributed by atoms with Crippen LogP contribution in [-0.4, -0.2) is 19.9 Å². The second-order valence-electron chi connectivity index (χ2n) is 9.62. The molecule has 0 fully saturated rings. The van der Waals surface area contributed by atoms with E-state index in [1.165, 1.54) is 43.1 Å². The van der Waals surface area contributed by atoms with E-state index in [4.69, 9.17) is 9.97 Å². The van der Waals surface area contributed by atoms with Gasteiger partial charge in [-0.25, -0.2) is 9.97 Å². The SMILES string of the molecule is c1cc2cccc3c4nc(=c5ccc(=c6[nH]c7c8cccc9cccc(c=7[nH]6)c98)cc5)nc-4c(c1)c23. The first kappa shape index (κ1) is 18.4. The number of aromatic nitrogens is 4. The minimum absolute atomic E-state index is 0.775. The predicted octanol–water partition coefficient (Wildman–Crippen LogP) is 7.02. The van der Waals surface area contributed by atoms with Crippen molar-refractivity contribution in [3.63, 3.8) is 0 Å². The standard InChI is InChI=1S/C32H18N4/c1-5-17-6-2-10-22-25(17)21(9-1)27-28(22)34-31(33-27)19-13-15-20(16-14-19)32-35-29-23-11-3-7-18-8-4-12-24(26(18)23)30(29)36-32/h1-16,33-34H. The first-order valence-electron chi connectivity index (χ1n) is 12.2. The van der Waals surface area contributed by atoms with Crippen LogP contribution in [0.3, 0.4) is 0 Å². The molecule has 0 aromatic heterocycles. The monoisotopic (exact) mass is 458 g/mol. The van der Waals surface area contributed by atoms with E-state index in [1.54, 1.807) is 0 Å². The Balaban J connectivity index is 1.30. The predicted molar refractivity (Wildman–Crippen MR) is 143 cm³/mol. The molecule has 0 spiro atoms. The van der Waals surface area contributed by atoms with E-state index >= 15 is 0 Å². The van der Waals surface area contributed by atoms with Gasteiger partial charge in [-0.3, -0.25) is 0 Å². The molecule has 0 amide bonds. The Kier molecular flexibility index (Phi) is 3.25. The molecule has 2 N–H and O–H groups in total. The summed E-state index contributed by atoms with van der Waals surface area (Å²) in [5.74, 6) is 0. The summed E-state index contributed by atoms with van der Waals surface area (Å²) in [4.78, 5) is 17.2. The smallest absolute Gasteiger partial charge is 0.160 e. The van der Waals surface area contributed by atoms with E-state index in [2.05, 4.69) is 107 Å². The van der Waals surface area contributed by atoms with E-state index in [0.29, 0.717) is 0 Å². The molecule has 4 nitrogen and oxygen atoms in total. The summed E-state index contributed by atoms with van der Waals surface area (Å²) in [7, 11) is 0. The van der Waals surface area contributed by atoms with E-state index in [9.17, 15) is 0 Å². The summed E-state index contributed by atoms with van der Waals surface area (Å²) >= 11 is 0. The summed E-state index contributed by atoms with van der Waals surface area (Å²) in [6.07, 6.45) is 0. The Morgan fingerprint density at radius 2 is 0.889 bits per heavy atom. The number of nitrogens with zero attached hydrogens (tertiary/aromatic N) is 2. The summed E-state index contributed by atoms with van der Waals surface area (Å²) in [5, 5.41) is 14.4. The van der Waals surface area contributed by atoms with Crippen molar-refractivity contribution in [1.29, 1.82) is 0 Å². The van der Waals surface area contributed by atoms with Gasteiger partial charge in [-0.2, -0.15) is 0 Å². The highest BCUT2D eigenvalue weighted by atomic mass is 14.9. The summed E-state index contributed by atoms with van der Waals surface area (Å²) in [5.41, 5.74) is 3.76. The first-order valence-corrected chi connectivity index (χ1v) is 12.2. The topological polar surface area (TPSA) is 57.4 Å².